The molecule has 5 rings (SSSR count). The highest BCUT2D eigenvalue weighted by Crippen LogP contribution is 2.40. The zero-order chi connectivity index (χ0) is 17.7. The second-order valence-electron chi connectivity index (χ2n) is 6.37. The van der Waals surface area contributed by atoms with Crippen molar-refractivity contribution in [3.63, 3.8) is 0 Å². The fraction of sp³-hybridized carbons (Fsp3) is 0. The maximum absolute atomic E-state index is 10.0. The molecule has 0 aliphatic rings. The molecule has 2 N–H and O–H groups in total. The number of rotatable bonds is 1. The van der Waals surface area contributed by atoms with Crippen molar-refractivity contribution in [2.24, 2.45) is 0 Å². The maximum atomic E-state index is 10.0. The van der Waals surface area contributed by atoms with E-state index in [-0.39, 0.29) is 11.2 Å². The number of aromatic hydroxyl groups is 1. The molecule has 0 saturated carbocycles. The van der Waals surface area contributed by atoms with E-state index < -0.39 is 0 Å². The molecular formula is C23H15O3+. The first kappa shape index (κ1) is 14.7. The molecule has 124 valence electrons. The summed E-state index contributed by atoms with van der Waals surface area (Å²) in [5.41, 5.74) is 3.63. The van der Waals surface area contributed by atoms with Gasteiger partial charge >= 0.3 is 5.43 Å². The minimum atomic E-state index is 0.165. The van der Waals surface area contributed by atoms with Crippen molar-refractivity contribution >= 4 is 32.7 Å². The van der Waals surface area contributed by atoms with Gasteiger partial charge in [0.25, 0.3) is 0 Å². The van der Waals surface area contributed by atoms with Gasteiger partial charge < -0.3 is 9.52 Å². The second kappa shape index (κ2) is 5.46. The highest BCUT2D eigenvalue weighted by Gasteiger charge is 2.15. The number of phenolic OH excluding ortho intramolecular Hbond substituents is 1. The molecule has 0 fully saturated rings. The Kier molecular flexibility index (Phi) is 3.09. The lowest BCUT2D eigenvalue weighted by molar-refractivity contribution is 0.474. The molecule has 0 aliphatic carbocycles. The average molecular weight is 339 g/mol. The number of hydrogen-bond donors (Lipinski definition) is 1. The van der Waals surface area contributed by atoms with Crippen LogP contribution in [0.1, 0.15) is 0 Å². The fourth-order valence-corrected chi connectivity index (χ4v) is 3.59. The Morgan fingerprint density at radius 3 is 2.38 bits per heavy atom. The van der Waals surface area contributed by atoms with Crippen molar-refractivity contribution in [1.82, 2.24) is 0 Å². The molecule has 4 aromatic carbocycles. The number of phenols is 1. The lowest BCUT2D eigenvalue weighted by atomic mass is 9.94. The Morgan fingerprint density at radius 1 is 0.731 bits per heavy atom. The highest BCUT2D eigenvalue weighted by atomic mass is 16.3. The Balaban J connectivity index is 2.10. The van der Waals surface area contributed by atoms with Gasteiger partial charge in [0.15, 0.2) is 0 Å². The lowest BCUT2D eigenvalue weighted by Crippen LogP contribution is -1.98. The minimum absolute atomic E-state index is 0.165. The quantitative estimate of drug-likeness (QED) is 0.262. The minimum Gasteiger partial charge on any atom is -0.508 e. The van der Waals surface area contributed by atoms with Crippen LogP contribution in [0.25, 0.3) is 43.8 Å². The van der Waals surface area contributed by atoms with Gasteiger partial charge in [-0.15, -0.1) is 0 Å². The normalized spacial score (nSPS) is 11.4. The zero-order valence-corrected chi connectivity index (χ0v) is 13.8. The van der Waals surface area contributed by atoms with Crippen molar-refractivity contribution in [3.8, 4) is 16.9 Å². The SMILES string of the molecule is Oc1ccc2c(-c3ccccc3)c3c(ccc4ccc(=[OH+])cc43)oc2c1. The van der Waals surface area contributed by atoms with Gasteiger partial charge in [-0.3, -0.25) is 4.79 Å². The third-order valence-corrected chi connectivity index (χ3v) is 4.73. The first-order valence-corrected chi connectivity index (χ1v) is 8.40. The van der Waals surface area contributed by atoms with Gasteiger partial charge in [0.05, 0.1) is 6.07 Å². The van der Waals surface area contributed by atoms with Gasteiger partial charge in [0.2, 0.25) is 0 Å². The van der Waals surface area contributed by atoms with Gasteiger partial charge in [-0.2, -0.15) is 0 Å². The molecule has 0 radical (unpaired) electrons. The summed E-state index contributed by atoms with van der Waals surface area (Å²) in [6, 6.07) is 24.5. The van der Waals surface area contributed by atoms with Crippen molar-refractivity contribution in [2.75, 3.05) is 0 Å². The van der Waals surface area contributed by atoms with E-state index in [9.17, 15) is 9.90 Å². The molecule has 26 heavy (non-hydrogen) atoms. The third-order valence-electron chi connectivity index (χ3n) is 4.73. The molecule has 0 spiro atoms. The van der Waals surface area contributed by atoms with Crippen LogP contribution in [0.15, 0.2) is 83.3 Å². The first-order chi connectivity index (χ1) is 12.7. The van der Waals surface area contributed by atoms with Crippen LogP contribution in [0.5, 0.6) is 5.75 Å². The Morgan fingerprint density at radius 2 is 1.54 bits per heavy atom. The van der Waals surface area contributed by atoms with E-state index in [1.807, 2.05) is 42.5 Å². The molecular weight excluding hydrogens is 324 g/mol. The molecule has 1 aromatic heterocycles. The average Bonchev–Trinajstić information content (AvgIpc) is 2.66. The van der Waals surface area contributed by atoms with Crippen molar-refractivity contribution < 1.29 is 14.3 Å². The molecule has 0 unspecified atom stereocenters. The molecule has 1 heterocycles. The van der Waals surface area contributed by atoms with Gasteiger partial charge in [-0.1, -0.05) is 36.4 Å². The number of fused-ring (bicyclic) bond motifs is 4. The summed E-state index contributed by atoms with van der Waals surface area (Å²) in [4.78, 5) is 10.0. The van der Waals surface area contributed by atoms with Gasteiger partial charge in [0, 0.05) is 33.9 Å². The predicted molar refractivity (Wildman–Crippen MR) is 103 cm³/mol. The molecule has 3 heteroatoms. The molecule has 0 bridgehead atoms. The van der Waals surface area contributed by atoms with Crippen LogP contribution in [-0.4, -0.2) is 9.90 Å². The maximum Gasteiger partial charge on any atom is 0.340 e. The second-order valence-corrected chi connectivity index (χ2v) is 6.37. The zero-order valence-electron chi connectivity index (χ0n) is 13.8. The Labute approximate surface area is 148 Å². The van der Waals surface area contributed by atoms with Crippen LogP contribution in [0.2, 0.25) is 0 Å². The number of hydrogen-bond acceptors (Lipinski definition) is 2. The predicted octanol–water partition coefficient (Wildman–Crippen LogP) is 5.12. The van der Waals surface area contributed by atoms with Gasteiger partial charge in [-0.25, -0.2) is 0 Å². The first-order valence-electron chi connectivity index (χ1n) is 8.40. The third kappa shape index (κ3) is 2.18. The van der Waals surface area contributed by atoms with E-state index >= 15 is 0 Å². The Hall–Kier alpha value is -3.59. The van der Waals surface area contributed by atoms with E-state index in [1.165, 1.54) is 0 Å². The molecule has 0 amide bonds. The van der Waals surface area contributed by atoms with E-state index in [4.69, 9.17) is 4.42 Å². The van der Waals surface area contributed by atoms with Crippen LogP contribution in [-0.2, 0) is 0 Å². The molecule has 0 atom stereocenters. The molecule has 0 aliphatic heterocycles. The fourth-order valence-electron chi connectivity index (χ4n) is 3.59. The van der Waals surface area contributed by atoms with Crippen LogP contribution in [0.3, 0.4) is 0 Å². The lowest BCUT2D eigenvalue weighted by Gasteiger charge is -2.13. The smallest absolute Gasteiger partial charge is 0.340 e. The summed E-state index contributed by atoms with van der Waals surface area (Å²) in [6.45, 7) is 0. The monoisotopic (exact) mass is 339 g/mol. The number of benzene rings is 4. The summed E-state index contributed by atoms with van der Waals surface area (Å²) in [6.07, 6.45) is 0. The van der Waals surface area contributed by atoms with Gasteiger partial charge in [0.1, 0.15) is 16.9 Å². The van der Waals surface area contributed by atoms with Gasteiger partial charge in [-0.05, 0) is 35.2 Å². The van der Waals surface area contributed by atoms with Crippen LogP contribution < -0.4 is 5.43 Å². The van der Waals surface area contributed by atoms with Crippen molar-refractivity contribution in [1.29, 1.82) is 0 Å². The summed E-state index contributed by atoms with van der Waals surface area (Å²) in [7, 11) is 0. The van der Waals surface area contributed by atoms with Crippen molar-refractivity contribution in [3.05, 3.63) is 84.3 Å². The summed E-state index contributed by atoms with van der Waals surface area (Å²) in [5.74, 6) is 0.165. The molecule has 5 aromatic rings. The summed E-state index contributed by atoms with van der Waals surface area (Å²) in [5, 5.41) is 13.7. The van der Waals surface area contributed by atoms with Crippen molar-refractivity contribution in [2.45, 2.75) is 0 Å². The molecule has 0 saturated heterocycles. The van der Waals surface area contributed by atoms with Crippen LogP contribution in [0.4, 0.5) is 0 Å². The summed E-state index contributed by atoms with van der Waals surface area (Å²) >= 11 is 0. The van der Waals surface area contributed by atoms with E-state index in [0.29, 0.717) is 11.2 Å². The topological polar surface area (TPSA) is 54.8 Å². The van der Waals surface area contributed by atoms with Crippen LogP contribution >= 0.6 is 0 Å². The standard InChI is InChI=1S/C23H14O3/c24-16-8-6-14-7-11-20-23(19(14)12-16)22(15-4-2-1-3-5-15)18-10-9-17(25)13-21(18)26-20/h1-13,25H/p+1. The van der Waals surface area contributed by atoms with E-state index in [0.717, 1.165) is 32.7 Å². The highest BCUT2D eigenvalue weighted by molar-refractivity contribution is 6.18. The largest absolute Gasteiger partial charge is 0.508 e. The van der Waals surface area contributed by atoms with Crippen LogP contribution in [0, 0.1) is 0 Å². The van der Waals surface area contributed by atoms with E-state index in [1.54, 1.807) is 24.3 Å². The van der Waals surface area contributed by atoms with E-state index in [2.05, 4.69) is 12.1 Å². The molecule has 3 nitrogen and oxygen atoms in total. The Bertz CT molecular complexity index is 1350. The summed E-state index contributed by atoms with van der Waals surface area (Å²) < 4.78 is 6.10.